The fraction of sp³-hybridized carbons (Fsp3) is 0.269. The first-order valence-corrected chi connectivity index (χ1v) is 11.0. The Labute approximate surface area is 198 Å². The van der Waals surface area contributed by atoms with E-state index in [1.807, 2.05) is 49.4 Å². The minimum Gasteiger partial charge on any atom is -0.494 e. The molecule has 34 heavy (non-hydrogen) atoms. The molecule has 176 valence electrons. The molecule has 0 spiro atoms. The van der Waals surface area contributed by atoms with Gasteiger partial charge in [-0.05, 0) is 30.2 Å². The maximum atomic E-state index is 13.8. The molecular formula is C26H27FN4O3. The molecule has 2 aromatic carbocycles. The molecule has 0 bridgehead atoms. The second-order valence-electron chi connectivity index (χ2n) is 7.84. The zero-order valence-corrected chi connectivity index (χ0v) is 19.4. The van der Waals surface area contributed by atoms with E-state index in [9.17, 15) is 4.39 Å². The van der Waals surface area contributed by atoms with Crippen LogP contribution < -0.4 is 9.47 Å². The first-order chi connectivity index (χ1) is 16.6. The van der Waals surface area contributed by atoms with E-state index in [2.05, 4.69) is 4.98 Å². The molecule has 0 aliphatic heterocycles. The van der Waals surface area contributed by atoms with Crippen LogP contribution in [0.3, 0.4) is 0 Å². The first kappa shape index (κ1) is 23.4. The van der Waals surface area contributed by atoms with Crippen LogP contribution in [0.1, 0.15) is 30.7 Å². The molecule has 0 amide bonds. The molecule has 8 heteroatoms. The van der Waals surface area contributed by atoms with Gasteiger partial charge in [-0.25, -0.2) is 19.0 Å². The Bertz CT molecular complexity index is 1230. The minimum absolute atomic E-state index is 0.0217. The van der Waals surface area contributed by atoms with Crippen molar-refractivity contribution in [1.82, 2.24) is 19.7 Å². The van der Waals surface area contributed by atoms with Gasteiger partial charge >= 0.3 is 0 Å². The van der Waals surface area contributed by atoms with Crippen LogP contribution in [0, 0.1) is 5.82 Å². The lowest BCUT2D eigenvalue weighted by Gasteiger charge is -2.14. The van der Waals surface area contributed by atoms with Crippen LogP contribution in [0.5, 0.6) is 11.6 Å². The lowest BCUT2D eigenvalue weighted by atomic mass is 10.1. The van der Waals surface area contributed by atoms with Crippen LogP contribution in [-0.4, -0.2) is 40.6 Å². The maximum absolute atomic E-state index is 13.8. The summed E-state index contributed by atoms with van der Waals surface area (Å²) in [6.07, 6.45) is 0.742. The molecule has 0 saturated heterocycles. The predicted molar refractivity (Wildman–Crippen MR) is 127 cm³/mol. The van der Waals surface area contributed by atoms with Crippen LogP contribution in [0.4, 0.5) is 4.39 Å². The van der Waals surface area contributed by atoms with Gasteiger partial charge < -0.3 is 14.2 Å². The minimum atomic E-state index is -0.389. The summed E-state index contributed by atoms with van der Waals surface area (Å²) in [6, 6.07) is 19.7. The van der Waals surface area contributed by atoms with E-state index in [0.717, 1.165) is 12.0 Å². The van der Waals surface area contributed by atoms with Crippen LogP contribution in [0.25, 0.3) is 17.2 Å². The highest BCUT2D eigenvalue weighted by molar-refractivity contribution is 5.53. The van der Waals surface area contributed by atoms with E-state index in [1.54, 1.807) is 23.9 Å². The monoisotopic (exact) mass is 462 g/mol. The second kappa shape index (κ2) is 10.9. The van der Waals surface area contributed by atoms with Gasteiger partial charge in [-0.2, -0.15) is 0 Å². The maximum Gasteiger partial charge on any atom is 0.214 e. The fourth-order valence-corrected chi connectivity index (χ4v) is 3.53. The smallest absolute Gasteiger partial charge is 0.214 e. The van der Waals surface area contributed by atoms with Gasteiger partial charge in [-0.3, -0.25) is 0 Å². The molecule has 2 heterocycles. The number of nitrogens with zero attached hydrogens (tertiary/aromatic N) is 4. The quantitative estimate of drug-likeness (QED) is 0.323. The van der Waals surface area contributed by atoms with E-state index in [4.69, 9.17) is 24.3 Å². The van der Waals surface area contributed by atoms with Gasteiger partial charge in [0.2, 0.25) is 11.7 Å². The topological polar surface area (TPSA) is 71.3 Å². The number of rotatable bonds is 10. The number of pyridine rings is 1. The summed E-state index contributed by atoms with van der Waals surface area (Å²) in [7, 11) is 3.16. The molecule has 0 aliphatic carbocycles. The number of halogens is 1. The van der Waals surface area contributed by atoms with Crippen molar-refractivity contribution in [3.05, 3.63) is 83.9 Å². The highest BCUT2D eigenvalue weighted by Gasteiger charge is 2.21. The largest absolute Gasteiger partial charge is 0.494 e. The van der Waals surface area contributed by atoms with E-state index in [-0.39, 0.29) is 11.7 Å². The average molecular weight is 463 g/mol. The van der Waals surface area contributed by atoms with Crippen molar-refractivity contribution in [3.8, 4) is 28.8 Å². The summed E-state index contributed by atoms with van der Waals surface area (Å²) in [5, 5.41) is 4.72. The SMILES string of the molecule is COCCC(C)c1nc(-c2cccc(OCc3ccccc3)n2)nn1-c1ccc(F)cc1OC. The summed E-state index contributed by atoms with van der Waals surface area (Å²) in [6.45, 7) is 3.03. The van der Waals surface area contributed by atoms with E-state index in [0.29, 0.717) is 47.9 Å². The summed E-state index contributed by atoms with van der Waals surface area (Å²) in [5.74, 6) is 1.62. The van der Waals surface area contributed by atoms with Crippen molar-refractivity contribution < 1.29 is 18.6 Å². The molecule has 4 rings (SSSR count). The molecule has 0 fully saturated rings. The Morgan fingerprint density at radius 1 is 0.971 bits per heavy atom. The molecule has 7 nitrogen and oxygen atoms in total. The second-order valence-corrected chi connectivity index (χ2v) is 7.84. The van der Waals surface area contributed by atoms with Gasteiger partial charge in [0.15, 0.2) is 0 Å². The van der Waals surface area contributed by atoms with Crippen LogP contribution in [-0.2, 0) is 11.3 Å². The highest BCUT2D eigenvalue weighted by atomic mass is 19.1. The van der Waals surface area contributed by atoms with Crippen molar-refractivity contribution in [2.75, 3.05) is 20.8 Å². The summed E-state index contributed by atoms with van der Waals surface area (Å²) >= 11 is 0. The van der Waals surface area contributed by atoms with Crippen LogP contribution in [0.15, 0.2) is 66.7 Å². The number of hydrogen-bond donors (Lipinski definition) is 0. The third-order valence-electron chi connectivity index (χ3n) is 5.38. The zero-order chi connectivity index (χ0) is 23.9. The molecule has 4 aromatic rings. The molecular weight excluding hydrogens is 435 g/mol. The number of ether oxygens (including phenoxy) is 3. The molecule has 0 saturated carbocycles. The van der Waals surface area contributed by atoms with Crippen molar-refractivity contribution in [1.29, 1.82) is 0 Å². The van der Waals surface area contributed by atoms with Gasteiger partial charge in [-0.15, -0.1) is 5.10 Å². The van der Waals surface area contributed by atoms with Crippen molar-refractivity contribution in [2.45, 2.75) is 25.9 Å². The third kappa shape index (κ3) is 5.40. The first-order valence-electron chi connectivity index (χ1n) is 11.0. The van der Waals surface area contributed by atoms with Crippen molar-refractivity contribution in [2.24, 2.45) is 0 Å². The standard InChI is InChI=1S/C26H27FN4O3/c1-18(14-15-32-2)26-29-25(30-31(26)22-13-12-20(27)16-23(22)33-3)21-10-7-11-24(28-21)34-17-19-8-5-4-6-9-19/h4-13,16,18H,14-15,17H2,1-3H3. The molecule has 2 aromatic heterocycles. The number of aromatic nitrogens is 4. The van der Waals surface area contributed by atoms with Crippen molar-refractivity contribution in [3.63, 3.8) is 0 Å². The molecule has 0 radical (unpaired) electrons. The van der Waals surface area contributed by atoms with E-state index in [1.165, 1.54) is 19.2 Å². The number of benzene rings is 2. The Hall–Kier alpha value is -3.78. The Morgan fingerprint density at radius 2 is 1.79 bits per heavy atom. The molecule has 0 N–H and O–H groups in total. The predicted octanol–water partition coefficient (Wildman–Crippen LogP) is 5.20. The Balaban J connectivity index is 1.69. The van der Waals surface area contributed by atoms with Gasteiger partial charge in [0.05, 0.1) is 7.11 Å². The highest BCUT2D eigenvalue weighted by Crippen LogP contribution is 2.30. The number of hydrogen-bond acceptors (Lipinski definition) is 6. The lowest BCUT2D eigenvalue weighted by molar-refractivity contribution is 0.188. The zero-order valence-electron chi connectivity index (χ0n) is 19.4. The number of methoxy groups -OCH3 is 2. The third-order valence-corrected chi connectivity index (χ3v) is 5.38. The molecule has 0 aliphatic rings. The van der Waals surface area contributed by atoms with Gasteiger partial charge in [0.1, 0.15) is 35.4 Å². The summed E-state index contributed by atoms with van der Waals surface area (Å²) < 4.78 is 32.0. The van der Waals surface area contributed by atoms with Gasteiger partial charge in [-0.1, -0.05) is 43.3 Å². The Kier molecular flexibility index (Phi) is 7.49. The van der Waals surface area contributed by atoms with E-state index >= 15 is 0 Å². The van der Waals surface area contributed by atoms with E-state index < -0.39 is 0 Å². The summed E-state index contributed by atoms with van der Waals surface area (Å²) in [4.78, 5) is 9.40. The van der Waals surface area contributed by atoms with Crippen LogP contribution in [0.2, 0.25) is 0 Å². The average Bonchev–Trinajstić information content (AvgIpc) is 3.32. The lowest BCUT2D eigenvalue weighted by Crippen LogP contribution is -2.10. The van der Waals surface area contributed by atoms with Crippen LogP contribution >= 0.6 is 0 Å². The normalized spacial score (nSPS) is 11.9. The Morgan fingerprint density at radius 3 is 2.56 bits per heavy atom. The fourth-order valence-electron chi connectivity index (χ4n) is 3.53. The summed E-state index contributed by atoms with van der Waals surface area (Å²) in [5.41, 5.74) is 2.22. The van der Waals surface area contributed by atoms with Crippen molar-refractivity contribution >= 4 is 0 Å². The molecule has 1 unspecified atom stereocenters. The molecule has 1 atom stereocenters. The van der Waals surface area contributed by atoms with Gasteiger partial charge in [0.25, 0.3) is 0 Å². The van der Waals surface area contributed by atoms with Gasteiger partial charge in [0, 0.05) is 31.8 Å².